The average molecular weight is 278 g/mol. The summed E-state index contributed by atoms with van der Waals surface area (Å²) in [5.74, 6) is 0.329. The molecule has 0 saturated heterocycles. The zero-order valence-corrected chi connectivity index (χ0v) is 10.9. The zero-order valence-electron chi connectivity index (χ0n) is 9.31. The molecule has 0 aliphatic rings. The van der Waals surface area contributed by atoms with Gasteiger partial charge in [-0.25, -0.2) is 9.97 Å². The van der Waals surface area contributed by atoms with Crippen LogP contribution >= 0.6 is 11.3 Å². The maximum Gasteiger partial charge on any atom is 0.193 e. The third-order valence-electron chi connectivity index (χ3n) is 2.44. The fourth-order valence-electron chi connectivity index (χ4n) is 1.64. The van der Waals surface area contributed by atoms with Gasteiger partial charge < -0.3 is 5.73 Å². The average Bonchev–Trinajstić information content (AvgIpc) is 2.90. The summed E-state index contributed by atoms with van der Waals surface area (Å²) < 4.78 is 14.1. The first-order valence-electron chi connectivity index (χ1n) is 5.24. The Balaban J connectivity index is 1.87. The maximum absolute atomic E-state index is 12.2. The number of hydrogen-bond donors (Lipinski definition) is 1. The van der Waals surface area contributed by atoms with E-state index in [1.807, 2.05) is 22.2 Å². The molecule has 1 atom stereocenters. The Hall–Kier alpha value is -1.73. The molecule has 7 heteroatoms. The predicted molar refractivity (Wildman–Crippen MR) is 71.8 cm³/mol. The second-order valence-corrected chi connectivity index (χ2v) is 5.95. The van der Waals surface area contributed by atoms with E-state index in [1.54, 1.807) is 29.7 Å². The zero-order chi connectivity index (χ0) is 12.5. The van der Waals surface area contributed by atoms with Gasteiger partial charge in [-0.3, -0.25) is 8.61 Å². The Morgan fingerprint density at radius 3 is 3.17 bits per heavy atom. The Kier molecular flexibility index (Phi) is 2.85. The first-order valence-corrected chi connectivity index (χ1v) is 7.44. The maximum atomic E-state index is 12.2. The second-order valence-electron chi connectivity index (χ2n) is 3.71. The van der Waals surface area contributed by atoms with Crippen molar-refractivity contribution in [1.82, 2.24) is 14.4 Å². The molecule has 3 aromatic heterocycles. The lowest BCUT2D eigenvalue weighted by Gasteiger charge is -2.02. The monoisotopic (exact) mass is 278 g/mol. The summed E-state index contributed by atoms with van der Waals surface area (Å²) in [6.07, 6.45) is 5.40. The van der Waals surface area contributed by atoms with Crippen molar-refractivity contribution in [1.29, 1.82) is 0 Å². The van der Waals surface area contributed by atoms with Gasteiger partial charge in [0.25, 0.3) is 0 Å². The van der Waals surface area contributed by atoms with Crippen molar-refractivity contribution in [3.8, 4) is 0 Å². The van der Waals surface area contributed by atoms with Crippen LogP contribution in [0.1, 0.15) is 5.69 Å². The van der Waals surface area contributed by atoms with E-state index in [-0.39, 0.29) is 0 Å². The Labute approximate surface area is 110 Å². The normalized spacial score (nSPS) is 12.9. The van der Waals surface area contributed by atoms with Gasteiger partial charge in [-0.1, -0.05) is 0 Å². The molecule has 3 rings (SSSR count). The smallest absolute Gasteiger partial charge is 0.193 e. The molecule has 3 aromatic rings. The Bertz CT molecular complexity index is 690. The Morgan fingerprint density at radius 2 is 2.39 bits per heavy atom. The summed E-state index contributed by atoms with van der Waals surface area (Å²) in [7, 11) is -1.26. The van der Waals surface area contributed by atoms with E-state index in [1.165, 1.54) is 0 Å². The van der Waals surface area contributed by atoms with Crippen LogP contribution in [0.3, 0.4) is 0 Å². The van der Waals surface area contributed by atoms with Gasteiger partial charge in [-0.15, -0.1) is 11.3 Å². The minimum atomic E-state index is -1.26. The molecule has 0 amide bonds. The highest BCUT2D eigenvalue weighted by Crippen LogP contribution is 2.17. The number of hydrogen-bond acceptors (Lipinski definition) is 5. The van der Waals surface area contributed by atoms with Crippen molar-refractivity contribution >= 4 is 32.8 Å². The first-order chi connectivity index (χ1) is 8.74. The number of thiazole rings is 1. The minimum absolute atomic E-state index is 0.329. The predicted octanol–water partition coefficient (Wildman–Crippen LogP) is 1.68. The third-order valence-corrected chi connectivity index (χ3v) is 4.54. The van der Waals surface area contributed by atoms with Crippen LogP contribution in [0.25, 0.3) is 4.96 Å². The van der Waals surface area contributed by atoms with Crippen LogP contribution in [0.15, 0.2) is 41.1 Å². The van der Waals surface area contributed by atoms with Gasteiger partial charge in [0.2, 0.25) is 0 Å². The van der Waals surface area contributed by atoms with Crippen LogP contribution in [-0.4, -0.2) is 18.6 Å². The molecule has 0 aliphatic carbocycles. The standard InChI is InChI=1S/C11H10N4OS2/c12-9-2-1-3-13-10(9)18(16)7-8-6-15-4-5-17-11(15)14-8/h1-6H,7,12H2. The van der Waals surface area contributed by atoms with Crippen LogP contribution in [0.4, 0.5) is 5.69 Å². The van der Waals surface area contributed by atoms with E-state index in [4.69, 9.17) is 5.73 Å². The molecule has 0 spiro atoms. The number of aromatic nitrogens is 3. The molecule has 2 N–H and O–H groups in total. The Morgan fingerprint density at radius 1 is 1.50 bits per heavy atom. The van der Waals surface area contributed by atoms with Gasteiger partial charge >= 0.3 is 0 Å². The molecular weight excluding hydrogens is 268 g/mol. The summed E-state index contributed by atoms with van der Waals surface area (Å²) in [5.41, 5.74) is 6.99. The van der Waals surface area contributed by atoms with Gasteiger partial charge in [0.15, 0.2) is 4.96 Å². The lowest BCUT2D eigenvalue weighted by Crippen LogP contribution is -2.03. The number of rotatable bonds is 3. The number of pyridine rings is 1. The topological polar surface area (TPSA) is 73.3 Å². The van der Waals surface area contributed by atoms with E-state index in [9.17, 15) is 4.21 Å². The molecule has 1 unspecified atom stereocenters. The number of fused-ring (bicyclic) bond motifs is 1. The van der Waals surface area contributed by atoms with Crippen molar-refractivity contribution in [2.24, 2.45) is 0 Å². The largest absolute Gasteiger partial charge is 0.396 e. The number of imidazole rings is 1. The molecule has 0 bridgehead atoms. The van der Waals surface area contributed by atoms with Crippen molar-refractivity contribution in [3.63, 3.8) is 0 Å². The van der Waals surface area contributed by atoms with Gasteiger partial charge in [0.1, 0.15) is 5.03 Å². The molecule has 0 aromatic carbocycles. The van der Waals surface area contributed by atoms with Crippen LogP contribution in [0.2, 0.25) is 0 Å². The summed E-state index contributed by atoms with van der Waals surface area (Å²) in [4.78, 5) is 9.35. The van der Waals surface area contributed by atoms with E-state index >= 15 is 0 Å². The van der Waals surface area contributed by atoms with E-state index < -0.39 is 10.8 Å². The van der Waals surface area contributed by atoms with Crippen molar-refractivity contribution in [3.05, 3.63) is 41.8 Å². The molecule has 5 nitrogen and oxygen atoms in total. The van der Waals surface area contributed by atoms with E-state index in [0.29, 0.717) is 16.5 Å². The van der Waals surface area contributed by atoms with Crippen LogP contribution < -0.4 is 5.73 Å². The number of nitrogen functional groups attached to an aromatic ring is 1. The molecular formula is C11H10N4OS2. The van der Waals surface area contributed by atoms with Crippen LogP contribution in [0, 0.1) is 0 Å². The summed E-state index contributed by atoms with van der Waals surface area (Å²) in [6.45, 7) is 0. The first kappa shape index (κ1) is 11.4. The molecule has 3 heterocycles. The van der Waals surface area contributed by atoms with Gasteiger partial charge in [-0.05, 0) is 12.1 Å². The van der Waals surface area contributed by atoms with Crippen LogP contribution in [-0.2, 0) is 16.6 Å². The highest BCUT2D eigenvalue weighted by atomic mass is 32.2. The highest BCUT2D eigenvalue weighted by molar-refractivity contribution is 7.84. The van der Waals surface area contributed by atoms with E-state index in [0.717, 1.165) is 10.7 Å². The van der Waals surface area contributed by atoms with Gasteiger partial charge in [0.05, 0.1) is 27.9 Å². The SMILES string of the molecule is Nc1cccnc1S(=O)Cc1cn2ccsc2n1. The molecule has 92 valence electrons. The summed E-state index contributed by atoms with van der Waals surface area (Å²) >= 11 is 1.55. The second kappa shape index (κ2) is 4.51. The van der Waals surface area contributed by atoms with Crippen molar-refractivity contribution in [2.45, 2.75) is 10.8 Å². The lowest BCUT2D eigenvalue weighted by molar-refractivity contribution is 0.680. The quantitative estimate of drug-likeness (QED) is 0.791. The summed E-state index contributed by atoms with van der Waals surface area (Å²) in [5, 5.41) is 2.38. The van der Waals surface area contributed by atoms with Crippen molar-refractivity contribution in [2.75, 3.05) is 5.73 Å². The van der Waals surface area contributed by atoms with Crippen molar-refractivity contribution < 1.29 is 4.21 Å². The molecule has 0 saturated carbocycles. The minimum Gasteiger partial charge on any atom is -0.396 e. The third kappa shape index (κ3) is 2.02. The molecule has 0 fully saturated rings. The molecule has 18 heavy (non-hydrogen) atoms. The fraction of sp³-hybridized carbons (Fsp3) is 0.0909. The molecule has 0 aliphatic heterocycles. The van der Waals surface area contributed by atoms with E-state index in [2.05, 4.69) is 9.97 Å². The number of anilines is 1. The number of nitrogens with two attached hydrogens (primary N) is 1. The van der Waals surface area contributed by atoms with Gasteiger partial charge in [0, 0.05) is 24.0 Å². The highest BCUT2D eigenvalue weighted by Gasteiger charge is 2.12. The molecule has 0 radical (unpaired) electrons. The number of nitrogens with zero attached hydrogens (tertiary/aromatic N) is 3. The van der Waals surface area contributed by atoms with Crippen LogP contribution in [0.5, 0.6) is 0 Å². The fourth-order valence-corrected chi connectivity index (χ4v) is 3.41. The lowest BCUT2D eigenvalue weighted by atomic mass is 10.4. The summed E-state index contributed by atoms with van der Waals surface area (Å²) in [6, 6.07) is 3.43. The van der Waals surface area contributed by atoms with Gasteiger partial charge in [-0.2, -0.15) is 0 Å².